The maximum atomic E-state index is 12.4. The maximum Gasteiger partial charge on any atom is 0.231 e. The number of rotatable bonds is 4. The van der Waals surface area contributed by atoms with Crippen molar-refractivity contribution in [3.8, 4) is 11.5 Å². The number of amides is 2. The Morgan fingerprint density at radius 2 is 1.92 bits per heavy atom. The van der Waals surface area contributed by atoms with Gasteiger partial charge in [-0.05, 0) is 17.7 Å². The SMILES string of the molecule is O=C(NCc1ccccc1)C1CC(=O)N(c2ccc3c(c2)OCO3)C1. The Morgan fingerprint density at radius 3 is 2.76 bits per heavy atom. The first-order chi connectivity index (χ1) is 12.2. The smallest absolute Gasteiger partial charge is 0.231 e. The molecule has 0 spiro atoms. The Balaban J connectivity index is 1.40. The zero-order valence-corrected chi connectivity index (χ0v) is 13.6. The number of benzene rings is 2. The first-order valence-electron chi connectivity index (χ1n) is 8.22. The lowest BCUT2D eigenvalue weighted by Gasteiger charge is -2.17. The number of hydrogen-bond acceptors (Lipinski definition) is 4. The number of carbonyl (C=O) groups is 2. The highest BCUT2D eigenvalue weighted by Gasteiger charge is 2.35. The third kappa shape index (κ3) is 3.15. The molecule has 0 radical (unpaired) electrons. The van der Waals surface area contributed by atoms with E-state index in [0.717, 1.165) is 11.3 Å². The third-order valence-corrected chi connectivity index (χ3v) is 4.47. The summed E-state index contributed by atoms with van der Waals surface area (Å²) in [7, 11) is 0. The van der Waals surface area contributed by atoms with Gasteiger partial charge < -0.3 is 19.7 Å². The highest BCUT2D eigenvalue weighted by molar-refractivity contribution is 6.00. The van der Waals surface area contributed by atoms with Gasteiger partial charge in [0.25, 0.3) is 0 Å². The summed E-state index contributed by atoms with van der Waals surface area (Å²) >= 11 is 0. The van der Waals surface area contributed by atoms with Crippen LogP contribution in [-0.2, 0) is 16.1 Å². The topological polar surface area (TPSA) is 67.9 Å². The molecule has 0 saturated carbocycles. The molecule has 1 fully saturated rings. The highest BCUT2D eigenvalue weighted by atomic mass is 16.7. The standard InChI is InChI=1S/C19H18N2O4/c22-18-8-14(19(23)20-10-13-4-2-1-3-5-13)11-21(18)15-6-7-16-17(9-15)25-12-24-16/h1-7,9,14H,8,10-12H2,(H,20,23). The largest absolute Gasteiger partial charge is 0.454 e. The molecule has 2 aliphatic heterocycles. The molecule has 0 aromatic heterocycles. The first kappa shape index (κ1) is 15.5. The van der Waals surface area contributed by atoms with E-state index in [9.17, 15) is 9.59 Å². The lowest BCUT2D eigenvalue weighted by molar-refractivity contribution is -0.126. The monoisotopic (exact) mass is 338 g/mol. The summed E-state index contributed by atoms with van der Waals surface area (Å²) in [5.41, 5.74) is 1.76. The fraction of sp³-hybridized carbons (Fsp3) is 0.263. The Bertz CT molecular complexity index is 806. The molecular formula is C19H18N2O4. The predicted molar refractivity (Wildman–Crippen MR) is 91.3 cm³/mol. The molecule has 6 heteroatoms. The van der Waals surface area contributed by atoms with Crippen molar-refractivity contribution in [3.63, 3.8) is 0 Å². The van der Waals surface area contributed by atoms with Gasteiger partial charge in [0.1, 0.15) is 0 Å². The number of carbonyl (C=O) groups excluding carboxylic acids is 2. The van der Waals surface area contributed by atoms with E-state index in [4.69, 9.17) is 9.47 Å². The third-order valence-electron chi connectivity index (χ3n) is 4.47. The molecule has 2 heterocycles. The predicted octanol–water partition coefficient (Wildman–Crippen LogP) is 2.08. The van der Waals surface area contributed by atoms with Crippen LogP contribution in [0, 0.1) is 5.92 Å². The van der Waals surface area contributed by atoms with Crippen molar-refractivity contribution >= 4 is 17.5 Å². The summed E-state index contributed by atoms with van der Waals surface area (Å²) in [6.07, 6.45) is 0.217. The number of anilines is 1. The minimum Gasteiger partial charge on any atom is -0.454 e. The van der Waals surface area contributed by atoms with Crippen LogP contribution in [0.4, 0.5) is 5.69 Å². The second-order valence-corrected chi connectivity index (χ2v) is 6.15. The number of nitrogens with zero attached hydrogens (tertiary/aromatic N) is 1. The van der Waals surface area contributed by atoms with Crippen LogP contribution in [0.25, 0.3) is 0 Å². The summed E-state index contributed by atoms with van der Waals surface area (Å²) in [5, 5.41) is 2.91. The average molecular weight is 338 g/mol. The van der Waals surface area contributed by atoms with Crippen molar-refractivity contribution < 1.29 is 19.1 Å². The van der Waals surface area contributed by atoms with Crippen LogP contribution in [0.5, 0.6) is 11.5 Å². The van der Waals surface area contributed by atoms with Crippen LogP contribution in [0.15, 0.2) is 48.5 Å². The molecule has 1 saturated heterocycles. The Kier molecular flexibility index (Phi) is 4.01. The molecule has 1 unspecified atom stereocenters. The van der Waals surface area contributed by atoms with Gasteiger partial charge in [-0.15, -0.1) is 0 Å². The van der Waals surface area contributed by atoms with E-state index >= 15 is 0 Å². The fourth-order valence-electron chi connectivity index (χ4n) is 3.12. The molecule has 2 aromatic carbocycles. The van der Waals surface area contributed by atoms with E-state index in [2.05, 4.69) is 5.32 Å². The van der Waals surface area contributed by atoms with Crippen molar-refractivity contribution in [1.29, 1.82) is 0 Å². The molecule has 2 amide bonds. The number of nitrogens with one attached hydrogen (secondary N) is 1. The van der Waals surface area contributed by atoms with E-state index in [1.807, 2.05) is 36.4 Å². The van der Waals surface area contributed by atoms with Crippen molar-refractivity contribution in [2.24, 2.45) is 5.92 Å². The normalized spacial score (nSPS) is 18.5. The van der Waals surface area contributed by atoms with Crippen LogP contribution >= 0.6 is 0 Å². The van der Waals surface area contributed by atoms with E-state index in [-0.39, 0.29) is 30.9 Å². The van der Waals surface area contributed by atoms with Gasteiger partial charge in [0, 0.05) is 31.3 Å². The fourth-order valence-corrected chi connectivity index (χ4v) is 3.12. The second kappa shape index (κ2) is 6.47. The van der Waals surface area contributed by atoms with Crippen molar-refractivity contribution in [2.45, 2.75) is 13.0 Å². The molecule has 128 valence electrons. The van der Waals surface area contributed by atoms with E-state index in [1.165, 1.54) is 0 Å². The minimum absolute atomic E-state index is 0.0567. The number of ether oxygens (including phenoxy) is 2. The van der Waals surface area contributed by atoms with Crippen molar-refractivity contribution in [3.05, 3.63) is 54.1 Å². The Morgan fingerprint density at radius 1 is 1.12 bits per heavy atom. The van der Waals surface area contributed by atoms with E-state index < -0.39 is 0 Å². The Hall–Kier alpha value is -3.02. The van der Waals surface area contributed by atoms with Gasteiger partial charge in [-0.1, -0.05) is 30.3 Å². The van der Waals surface area contributed by atoms with Crippen LogP contribution in [0.1, 0.15) is 12.0 Å². The van der Waals surface area contributed by atoms with E-state index in [1.54, 1.807) is 17.0 Å². The zero-order chi connectivity index (χ0) is 17.2. The Labute approximate surface area is 145 Å². The molecule has 2 aromatic rings. The highest BCUT2D eigenvalue weighted by Crippen LogP contribution is 2.37. The number of fused-ring (bicyclic) bond motifs is 1. The summed E-state index contributed by atoms with van der Waals surface area (Å²) in [6, 6.07) is 15.1. The molecule has 6 nitrogen and oxygen atoms in total. The lowest BCUT2D eigenvalue weighted by atomic mass is 10.1. The van der Waals surface area contributed by atoms with Gasteiger partial charge >= 0.3 is 0 Å². The van der Waals surface area contributed by atoms with Gasteiger partial charge in [-0.3, -0.25) is 9.59 Å². The quantitative estimate of drug-likeness (QED) is 0.927. The van der Waals surface area contributed by atoms with Gasteiger partial charge in [-0.2, -0.15) is 0 Å². The minimum atomic E-state index is -0.346. The lowest BCUT2D eigenvalue weighted by Crippen LogP contribution is -2.32. The molecule has 0 aliphatic carbocycles. The second-order valence-electron chi connectivity index (χ2n) is 6.15. The molecule has 2 aliphatic rings. The zero-order valence-electron chi connectivity index (χ0n) is 13.6. The molecule has 25 heavy (non-hydrogen) atoms. The molecule has 1 atom stereocenters. The van der Waals surface area contributed by atoms with Gasteiger partial charge in [0.2, 0.25) is 18.6 Å². The molecule has 4 rings (SSSR count). The first-order valence-corrected chi connectivity index (χ1v) is 8.22. The van der Waals surface area contributed by atoms with E-state index in [0.29, 0.717) is 24.6 Å². The van der Waals surface area contributed by atoms with Gasteiger partial charge in [0.05, 0.1) is 5.92 Å². The van der Waals surface area contributed by atoms with Crippen molar-refractivity contribution in [1.82, 2.24) is 5.32 Å². The van der Waals surface area contributed by atoms with Gasteiger partial charge in [0.15, 0.2) is 11.5 Å². The molecule has 1 N–H and O–H groups in total. The summed E-state index contributed by atoms with van der Waals surface area (Å²) in [6.45, 7) is 1.03. The van der Waals surface area contributed by atoms with Crippen LogP contribution in [0.3, 0.4) is 0 Å². The number of hydrogen-bond donors (Lipinski definition) is 1. The molecule has 0 bridgehead atoms. The van der Waals surface area contributed by atoms with Crippen LogP contribution in [-0.4, -0.2) is 25.2 Å². The molecular weight excluding hydrogens is 320 g/mol. The van der Waals surface area contributed by atoms with Crippen molar-refractivity contribution in [2.75, 3.05) is 18.2 Å². The van der Waals surface area contributed by atoms with Crippen LogP contribution < -0.4 is 19.7 Å². The maximum absolute atomic E-state index is 12.4. The summed E-state index contributed by atoms with van der Waals surface area (Å²) in [5.74, 6) is 0.802. The van der Waals surface area contributed by atoms with Crippen LogP contribution in [0.2, 0.25) is 0 Å². The summed E-state index contributed by atoms with van der Waals surface area (Å²) in [4.78, 5) is 26.4. The average Bonchev–Trinajstić information content (AvgIpc) is 3.26. The summed E-state index contributed by atoms with van der Waals surface area (Å²) < 4.78 is 10.6. The van der Waals surface area contributed by atoms with Gasteiger partial charge in [-0.25, -0.2) is 0 Å².